The van der Waals surface area contributed by atoms with Crippen LogP contribution in [0, 0.1) is 13.8 Å². The second-order valence-corrected chi connectivity index (χ2v) is 9.54. The zero-order valence-electron chi connectivity index (χ0n) is 19.2. The minimum absolute atomic E-state index is 0.0490. The molecular formula is C26H26N2O4S. The van der Waals surface area contributed by atoms with E-state index in [1.54, 1.807) is 31.4 Å². The Morgan fingerprint density at radius 2 is 1.70 bits per heavy atom. The summed E-state index contributed by atoms with van der Waals surface area (Å²) in [5, 5.41) is 11.6. The normalized spacial score (nSPS) is 17.8. The Kier molecular flexibility index (Phi) is 6.08. The Morgan fingerprint density at radius 3 is 2.21 bits per heavy atom. The van der Waals surface area contributed by atoms with E-state index in [9.17, 15) is 14.7 Å². The standard InChI is InChI=1S/C26H26N2O4S/c1-14(2)17-6-8-18(9-7-17)22-21(23(29)19-10-12-20(32-5)13-11-19)24(30)25(31)28(22)26-27-15(3)16(4)33-26/h6-14,22,29H,1-5H3/t22-/m0/s1. The molecule has 1 aliphatic heterocycles. The molecule has 1 aliphatic rings. The van der Waals surface area contributed by atoms with E-state index in [0.717, 1.165) is 21.7 Å². The summed E-state index contributed by atoms with van der Waals surface area (Å²) >= 11 is 1.36. The Hall–Kier alpha value is -3.45. The van der Waals surface area contributed by atoms with Crippen LogP contribution in [-0.2, 0) is 9.59 Å². The fourth-order valence-electron chi connectivity index (χ4n) is 3.87. The zero-order chi connectivity index (χ0) is 23.9. The molecule has 1 saturated heterocycles. The van der Waals surface area contributed by atoms with Gasteiger partial charge in [-0.25, -0.2) is 4.98 Å². The third-order valence-corrected chi connectivity index (χ3v) is 7.02. The number of benzene rings is 2. The predicted octanol–water partition coefficient (Wildman–Crippen LogP) is 5.52. The highest BCUT2D eigenvalue weighted by Crippen LogP contribution is 2.44. The van der Waals surface area contributed by atoms with Gasteiger partial charge < -0.3 is 9.84 Å². The molecule has 0 bridgehead atoms. The van der Waals surface area contributed by atoms with Gasteiger partial charge in [0.2, 0.25) is 0 Å². The van der Waals surface area contributed by atoms with Crippen molar-refractivity contribution in [3.63, 3.8) is 0 Å². The second-order valence-electron chi connectivity index (χ2n) is 8.36. The molecule has 0 aliphatic carbocycles. The Balaban J connectivity index is 1.91. The number of carbonyl (C=O) groups is 2. The first-order chi connectivity index (χ1) is 15.7. The molecule has 4 rings (SSSR count). The predicted molar refractivity (Wildman–Crippen MR) is 130 cm³/mol. The summed E-state index contributed by atoms with van der Waals surface area (Å²) in [7, 11) is 1.55. The number of ketones is 1. The van der Waals surface area contributed by atoms with Crippen molar-refractivity contribution in [2.24, 2.45) is 0 Å². The van der Waals surface area contributed by atoms with Gasteiger partial charge >= 0.3 is 5.91 Å². The van der Waals surface area contributed by atoms with Crippen molar-refractivity contribution in [1.82, 2.24) is 4.98 Å². The molecule has 170 valence electrons. The van der Waals surface area contributed by atoms with E-state index in [-0.39, 0.29) is 11.3 Å². The highest BCUT2D eigenvalue weighted by Gasteiger charge is 2.48. The number of aromatic nitrogens is 1. The lowest BCUT2D eigenvalue weighted by Crippen LogP contribution is -2.29. The maximum Gasteiger partial charge on any atom is 0.301 e. The van der Waals surface area contributed by atoms with Crippen LogP contribution in [0.2, 0.25) is 0 Å². The molecular weight excluding hydrogens is 436 g/mol. The molecule has 1 fully saturated rings. The van der Waals surface area contributed by atoms with Crippen molar-refractivity contribution < 1.29 is 19.4 Å². The van der Waals surface area contributed by atoms with Gasteiger partial charge in [-0.05, 0) is 55.2 Å². The van der Waals surface area contributed by atoms with Gasteiger partial charge in [-0.2, -0.15) is 0 Å². The Morgan fingerprint density at radius 1 is 1.06 bits per heavy atom. The van der Waals surface area contributed by atoms with E-state index < -0.39 is 17.7 Å². The number of aryl methyl sites for hydroxylation is 2. The average Bonchev–Trinajstić information content (AvgIpc) is 3.28. The van der Waals surface area contributed by atoms with E-state index in [4.69, 9.17) is 4.74 Å². The monoisotopic (exact) mass is 462 g/mol. The van der Waals surface area contributed by atoms with E-state index >= 15 is 0 Å². The smallest absolute Gasteiger partial charge is 0.301 e. The van der Waals surface area contributed by atoms with Gasteiger partial charge in [-0.15, -0.1) is 11.3 Å². The Labute approximate surface area is 197 Å². The van der Waals surface area contributed by atoms with Crippen LogP contribution in [0.15, 0.2) is 54.1 Å². The number of aliphatic hydroxyl groups excluding tert-OH is 1. The molecule has 33 heavy (non-hydrogen) atoms. The summed E-state index contributed by atoms with van der Waals surface area (Å²) in [5.41, 5.74) is 3.17. The number of ether oxygens (including phenoxy) is 1. The molecule has 0 unspecified atom stereocenters. The number of hydrogen-bond donors (Lipinski definition) is 1. The minimum atomic E-state index is -0.779. The molecule has 0 saturated carbocycles. The van der Waals surface area contributed by atoms with Crippen LogP contribution in [0.1, 0.15) is 53.1 Å². The summed E-state index contributed by atoms with van der Waals surface area (Å²) < 4.78 is 5.19. The van der Waals surface area contributed by atoms with Gasteiger partial charge in [0.25, 0.3) is 5.78 Å². The SMILES string of the molecule is COc1ccc(C(O)=C2C(=O)C(=O)N(c3nc(C)c(C)s3)[C@H]2c2ccc(C(C)C)cc2)cc1. The van der Waals surface area contributed by atoms with Gasteiger partial charge in [-0.3, -0.25) is 14.5 Å². The molecule has 0 radical (unpaired) electrons. The number of amides is 1. The van der Waals surface area contributed by atoms with Crippen molar-refractivity contribution in [3.8, 4) is 5.75 Å². The van der Waals surface area contributed by atoms with E-state index in [1.807, 2.05) is 38.1 Å². The zero-order valence-corrected chi connectivity index (χ0v) is 20.1. The number of nitrogens with zero attached hydrogens (tertiary/aromatic N) is 2. The fourth-order valence-corrected chi connectivity index (χ4v) is 4.81. The van der Waals surface area contributed by atoms with E-state index in [2.05, 4.69) is 18.8 Å². The van der Waals surface area contributed by atoms with Crippen LogP contribution in [-0.4, -0.2) is 28.9 Å². The number of hydrogen-bond acceptors (Lipinski definition) is 6. The quantitative estimate of drug-likeness (QED) is 0.307. The van der Waals surface area contributed by atoms with Gasteiger partial charge in [0.1, 0.15) is 11.5 Å². The summed E-state index contributed by atoms with van der Waals surface area (Å²) in [6.45, 7) is 8.00. The Bertz CT molecular complexity index is 1220. The fraction of sp³-hybridized carbons (Fsp3) is 0.269. The molecule has 7 heteroatoms. The molecule has 2 heterocycles. The highest BCUT2D eigenvalue weighted by atomic mass is 32.1. The van der Waals surface area contributed by atoms with Crippen molar-refractivity contribution >= 4 is 33.9 Å². The van der Waals surface area contributed by atoms with Crippen molar-refractivity contribution in [3.05, 3.63) is 81.4 Å². The third-order valence-electron chi connectivity index (χ3n) is 5.95. The van der Waals surface area contributed by atoms with E-state index in [0.29, 0.717) is 22.4 Å². The summed E-state index contributed by atoms with van der Waals surface area (Å²) in [4.78, 5) is 33.3. The minimum Gasteiger partial charge on any atom is -0.507 e. The number of thiazole rings is 1. The highest BCUT2D eigenvalue weighted by molar-refractivity contribution is 7.16. The maximum absolute atomic E-state index is 13.2. The molecule has 1 aromatic heterocycles. The lowest BCUT2D eigenvalue weighted by atomic mass is 9.93. The van der Waals surface area contributed by atoms with Crippen LogP contribution in [0.3, 0.4) is 0 Å². The first-order valence-corrected chi connectivity index (χ1v) is 11.5. The number of carbonyl (C=O) groups excluding carboxylic acids is 2. The molecule has 1 atom stereocenters. The summed E-state index contributed by atoms with van der Waals surface area (Å²) in [6.07, 6.45) is 0. The number of Topliss-reactive ketones (excluding diaryl/α,β-unsaturated/α-hetero) is 1. The van der Waals surface area contributed by atoms with Gasteiger partial charge in [-0.1, -0.05) is 38.1 Å². The van der Waals surface area contributed by atoms with E-state index in [1.165, 1.54) is 16.2 Å². The molecule has 1 amide bonds. The molecule has 6 nitrogen and oxygen atoms in total. The van der Waals surface area contributed by atoms with Crippen LogP contribution >= 0.6 is 11.3 Å². The largest absolute Gasteiger partial charge is 0.507 e. The molecule has 2 aromatic carbocycles. The second kappa shape index (κ2) is 8.83. The van der Waals surface area contributed by atoms with Crippen molar-refractivity contribution in [2.45, 2.75) is 39.7 Å². The number of aliphatic hydroxyl groups is 1. The summed E-state index contributed by atoms with van der Waals surface area (Å²) in [6, 6.07) is 13.8. The number of methoxy groups -OCH3 is 1. The van der Waals surface area contributed by atoms with Gasteiger partial charge in [0.15, 0.2) is 5.13 Å². The molecule has 3 aromatic rings. The van der Waals surface area contributed by atoms with Gasteiger partial charge in [0.05, 0.1) is 24.4 Å². The topological polar surface area (TPSA) is 79.7 Å². The summed E-state index contributed by atoms with van der Waals surface area (Å²) in [5.74, 6) is -0.680. The first-order valence-electron chi connectivity index (χ1n) is 10.7. The lowest BCUT2D eigenvalue weighted by Gasteiger charge is -2.23. The van der Waals surface area contributed by atoms with Crippen LogP contribution in [0.25, 0.3) is 5.76 Å². The van der Waals surface area contributed by atoms with Crippen LogP contribution in [0.5, 0.6) is 5.75 Å². The number of rotatable bonds is 5. The molecule has 1 N–H and O–H groups in total. The molecule has 0 spiro atoms. The van der Waals surface area contributed by atoms with Crippen LogP contribution in [0.4, 0.5) is 5.13 Å². The average molecular weight is 463 g/mol. The lowest BCUT2D eigenvalue weighted by molar-refractivity contribution is -0.132. The van der Waals surface area contributed by atoms with Crippen molar-refractivity contribution in [2.75, 3.05) is 12.0 Å². The van der Waals surface area contributed by atoms with Crippen LogP contribution < -0.4 is 9.64 Å². The van der Waals surface area contributed by atoms with Gasteiger partial charge in [0, 0.05) is 10.4 Å². The maximum atomic E-state index is 13.2. The van der Waals surface area contributed by atoms with Crippen molar-refractivity contribution in [1.29, 1.82) is 0 Å². The number of anilines is 1. The third kappa shape index (κ3) is 4.04. The first kappa shape index (κ1) is 22.7.